The first-order valence-corrected chi connectivity index (χ1v) is 9.08. The van der Waals surface area contributed by atoms with Crippen LogP contribution in [0.25, 0.3) is 17.2 Å². The minimum absolute atomic E-state index is 0.0343. The zero-order valence-electron chi connectivity index (χ0n) is 15.1. The number of nitrogens with zero attached hydrogens (tertiary/aromatic N) is 1. The van der Waals surface area contributed by atoms with Crippen molar-refractivity contribution in [3.8, 4) is 11.1 Å². The number of ether oxygens (including phenoxy) is 1. The second kappa shape index (κ2) is 8.05. The SMILES string of the molecule is O=C(NCC=Cc1cncc(F)c1)OCC1c2ccccc2-c2ccccc21. The molecule has 140 valence electrons. The van der Waals surface area contributed by atoms with Gasteiger partial charge in [0.05, 0.1) is 6.20 Å². The van der Waals surface area contributed by atoms with Crippen molar-refractivity contribution in [1.82, 2.24) is 10.3 Å². The van der Waals surface area contributed by atoms with Crippen LogP contribution in [0.4, 0.5) is 9.18 Å². The number of nitrogens with one attached hydrogen (secondary N) is 1. The monoisotopic (exact) mass is 374 g/mol. The Bertz CT molecular complexity index is 987. The smallest absolute Gasteiger partial charge is 0.407 e. The molecule has 1 N–H and O–H groups in total. The molecule has 1 aliphatic carbocycles. The van der Waals surface area contributed by atoms with Crippen LogP contribution in [-0.4, -0.2) is 24.2 Å². The fourth-order valence-electron chi connectivity index (χ4n) is 3.51. The van der Waals surface area contributed by atoms with Gasteiger partial charge < -0.3 is 10.1 Å². The summed E-state index contributed by atoms with van der Waals surface area (Å²) < 4.78 is 18.5. The van der Waals surface area contributed by atoms with Gasteiger partial charge in [-0.05, 0) is 33.9 Å². The van der Waals surface area contributed by atoms with Crippen LogP contribution < -0.4 is 5.32 Å². The van der Waals surface area contributed by atoms with Gasteiger partial charge in [-0.15, -0.1) is 0 Å². The maximum absolute atomic E-state index is 13.1. The zero-order chi connectivity index (χ0) is 19.3. The average molecular weight is 374 g/mol. The Morgan fingerprint density at radius 2 is 1.75 bits per heavy atom. The topological polar surface area (TPSA) is 51.2 Å². The van der Waals surface area contributed by atoms with E-state index in [2.05, 4.69) is 34.6 Å². The highest BCUT2D eigenvalue weighted by molar-refractivity contribution is 5.79. The number of carbonyl (C=O) groups excluding carboxylic acids is 1. The molecule has 0 saturated carbocycles. The van der Waals surface area contributed by atoms with E-state index in [1.165, 1.54) is 28.3 Å². The second-order valence-electron chi connectivity index (χ2n) is 6.55. The molecule has 5 heteroatoms. The number of aromatic nitrogens is 1. The molecule has 2 aromatic carbocycles. The van der Waals surface area contributed by atoms with Crippen molar-refractivity contribution < 1.29 is 13.9 Å². The molecule has 3 aromatic rings. The number of hydrogen-bond donors (Lipinski definition) is 1. The van der Waals surface area contributed by atoms with E-state index in [-0.39, 0.29) is 19.1 Å². The summed E-state index contributed by atoms with van der Waals surface area (Å²) in [6, 6.07) is 17.8. The number of alkyl carbamates (subject to hydrolysis) is 1. The summed E-state index contributed by atoms with van der Waals surface area (Å²) in [7, 11) is 0. The number of hydrogen-bond acceptors (Lipinski definition) is 3. The van der Waals surface area contributed by atoms with Gasteiger partial charge >= 0.3 is 6.09 Å². The Labute approximate surface area is 162 Å². The molecule has 0 radical (unpaired) electrons. The molecule has 1 heterocycles. The van der Waals surface area contributed by atoms with E-state index in [4.69, 9.17) is 4.74 Å². The lowest BCUT2D eigenvalue weighted by Gasteiger charge is -2.14. The van der Waals surface area contributed by atoms with Crippen molar-refractivity contribution >= 4 is 12.2 Å². The molecule has 0 bridgehead atoms. The number of fused-ring (bicyclic) bond motifs is 3. The Morgan fingerprint density at radius 1 is 1.07 bits per heavy atom. The Morgan fingerprint density at radius 3 is 2.43 bits per heavy atom. The predicted octanol–water partition coefficient (Wildman–Crippen LogP) is 4.77. The summed E-state index contributed by atoms with van der Waals surface area (Å²) in [6.07, 6.45) is 5.63. The molecular weight excluding hydrogens is 355 g/mol. The standard InChI is InChI=1S/C23H19FN2O2/c24-17-12-16(13-25-14-17)6-5-11-26-23(27)28-15-22-20-9-3-1-7-18(20)19-8-2-4-10-21(19)22/h1-10,12-14,22H,11,15H2,(H,26,27). The first-order valence-electron chi connectivity index (χ1n) is 9.08. The van der Waals surface area contributed by atoms with Crippen LogP contribution in [0.3, 0.4) is 0 Å². The molecule has 1 aliphatic rings. The van der Waals surface area contributed by atoms with E-state index < -0.39 is 11.9 Å². The summed E-state index contributed by atoms with van der Waals surface area (Å²) in [5.74, 6) is -0.362. The van der Waals surface area contributed by atoms with Crippen LogP contribution in [0, 0.1) is 5.82 Å². The van der Waals surface area contributed by atoms with Crippen molar-refractivity contribution in [1.29, 1.82) is 0 Å². The summed E-state index contributed by atoms with van der Waals surface area (Å²) in [6.45, 7) is 0.560. The third kappa shape index (κ3) is 3.78. The van der Waals surface area contributed by atoms with Gasteiger partial charge in [0.15, 0.2) is 0 Å². The molecule has 1 aromatic heterocycles. The van der Waals surface area contributed by atoms with Crippen LogP contribution in [0.1, 0.15) is 22.6 Å². The fraction of sp³-hybridized carbons (Fsp3) is 0.130. The molecular formula is C23H19FN2O2. The number of pyridine rings is 1. The normalized spacial score (nSPS) is 12.6. The summed E-state index contributed by atoms with van der Waals surface area (Å²) in [4.78, 5) is 15.8. The summed E-state index contributed by atoms with van der Waals surface area (Å²) in [5.41, 5.74) is 5.37. The van der Waals surface area contributed by atoms with Crippen molar-refractivity contribution in [3.05, 3.63) is 95.6 Å². The third-order valence-corrected chi connectivity index (χ3v) is 4.74. The molecule has 0 fully saturated rings. The van der Waals surface area contributed by atoms with E-state index >= 15 is 0 Å². The molecule has 4 nitrogen and oxygen atoms in total. The number of carbonyl (C=O) groups is 1. The van der Waals surface area contributed by atoms with E-state index in [9.17, 15) is 9.18 Å². The number of benzene rings is 2. The van der Waals surface area contributed by atoms with Gasteiger partial charge in [0.2, 0.25) is 0 Å². The molecule has 0 unspecified atom stereocenters. The zero-order valence-corrected chi connectivity index (χ0v) is 15.1. The van der Waals surface area contributed by atoms with Crippen molar-refractivity contribution in [2.75, 3.05) is 13.2 Å². The quantitative estimate of drug-likeness (QED) is 0.700. The van der Waals surface area contributed by atoms with Gasteiger partial charge in [-0.2, -0.15) is 0 Å². The lowest BCUT2D eigenvalue weighted by atomic mass is 9.98. The van der Waals surface area contributed by atoms with Crippen LogP contribution in [0.15, 0.2) is 73.1 Å². The van der Waals surface area contributed by atoms with Gasteiger partial charge in [-0.3, -0.25) is 4.98 Å². The van der Waals surface area contributed by atoms with Crippen LogP contribution in [0.5, 0.6) is 0 Å². The first-order chi connectivity index (χ1) is 13.7. The average Bonchev–Trinajstić information content (AvgIpc) is 3.04. The Hall–Kier alpha value is -3.47. The van der Waals surface area contributed by atoms with Crippen LogP contribution in [0.2, 0.25) is 0 Å². The highest BCUT2D eigenvalue weighted by Gasteiger charge is 2.28. The van der Waals surface area contributed by atoms with Crippen molar-refractivity contribution in [3.63, 3.8) is 0 Å². The van der Waals surface area contributed by atoms with Gasteiger partial charge in [0.1, 0.15) is 12.4 Å². The summed E-state index contributed by atoms with van der Waals surface area (Å²) in [5, 5.41) is 2.68. The lowest BCUT2D eigenvalue weighted by Crippen LogP contribution is -2.26. The third-order valence-electron chi connectivity index (χ3n) is 4.74. The number of amides is 1. The number of halogens is 1. The first kappa shape index (κ1) is 17.9. The van der Waals surface area contributed by atoms with E-state index in [0.29, 0.717) is 5.56 Å². The van der Waals surface area contributed by atoms with Gasteiger partial charge in [-0.1, -0.05) is 60.7 Å². The second-order valence-corrected chi connectivity index (χ2v) is 6.55. The fourth-order valence-corrected chi connectivity index (χ4v) is 3.51. The van der Waals surface area contributed by atoms with Crippen LogP contribution >= 0.6 is 0 Å². The minimum Gasteiger partial charge on any atom is -0.449 e. The van der Waals surface area contributed by atoms with E-state index in [1.54, 1.807) is 18.3 Å². The van der Waals surface area contributed by atoms with Crippen molar-refractivity contribution in [2.45, 2.75) is 5.92 Å². The van der Waals surface area contributed by atoms with Gasteiger partial charge in [-0.25, -0.2) is 9.18 Å². The molecule has 0 aliphatic heterocycles. The van der Waals surface area contributed by atoms with E-state index in [1.807, 2.05) is 24.3 Å². The van der Waals surface area contributed by atoms with Crippen LogP contribution in [-0.2, 0) is 4.74 Å². The number of rotatable bonds is 5. The molecule has 1 amide bonds. The lowest BCUT2D eigenvalue weighted by molar-refractivity contribution is 0.144. The maximum atomic E-state index is 13.1. The summed E-state index contributed by atoms with van der Waals surface area (Å²) >= 11 is 0. The molecule has 0 spiro atoms. The predicted molar refractivity (Wildman–Crippen MR) is 106 cm³/mol. The Kier molecular flexibility index (Phi) is 5.15. The van der Waals surface area contributed by atoms with Crippen molar-refractivity contribution in [2.24, 2.45) is 0 Å². The molecule has 0 atom stereocenters. The maximum Gasteiger partial charge on any atom is 0.407 e. The van der Waals surface area contributed by atoms with E-state index in [0.717, 1.165) is 6.20 Å². The molecule has 28 heavy (non-hydrogen) atoms. The minimum atomic E-state index is -0.483. The van der Waals surface area contributed by atoms with Gasteiger partial charge in [0, 0.05) is 18.7 Å². The van der Waals surface area contributed by atoms with Gasteiger partial charge in [0.25, 0.3) is 0 Å². The molecule has 0 saturated heterocycles. The molecule has 4 rings (SSSR count). The largest absolute Gasteiger partial charge is 0.449 e. The highest BCUT2D eigenvalue weighted by Crippen LogP contribution is 2.44. The Balaban J connectivity index is 1.34. The highest BCUT2D eigenvalue weighted by atomic mass is 19.1.